The van der Waals surface area contributed by atoms with Crippen LogP contribution in [-0.4, -0.2) is 15.1 Å². The normalized spacial score (nSPS) is 10.8. The zero-order chi connectivity index (χ0) is 8.72. The van der Waals surface area contributed by atoms with Crippen LogP contribution in [0.5, 0.6) is 0 Å². The monoisotopic (exact) mass is 184 g/mol. The van der Waals surface area contributed by atoms with Gasteiger partial charge in [0.2, 0.25) is 5.95 Å². The second-order valence-corrected chi connectivity index (χ2v) is 2.68. The summed E-state index contributed by atoms with van der Waals surface area (Å²) in [6, 6.07) is 0. The van der Waals surface area contributed by atoms with E-state index in [1.54, 1.807) is 6.92 Å². The first kappa shape index (κ1) is 7.30. The Labute approximate surface area is 72.5 Å². The van der Waals surface area contributed by atoms with E-state index in [1.165, 1.54) is 0 Å². The lowest BCUT2D eigenvalue weighted by Crippen LogP contribution is -1.94. The molecule has 0 bridgehead atoms. The Morgan fingerprint density at radius 1 is 1.42 bits per heavy atom. The van der Waals surface area contributed by atoms with Gasteiger partial charge in [0.1, 0.15) is 10.5 Å². The molecule has 5 nitrogen and oxygen atoms in total. The van der Waals surface area contributed by atoms with Gasteiger partial charge in [-0.2, -0.15) is 4.98 Å². The molecule has 6 heteroatoms. The van der Waals surface area contributed by atoms with Crippen LogP contribution in [0.2, 0.25) is 5.15 Å². The van der Waals surface area contributed by atoms with Crippen molar-refractivity contribution in [3.05, 3.63) is 10.8 Å². The van der Waals surface area contributed by atoms with E-state index >= 15 is 0 Å². The third-order valence-electron chi connectivity index (χ3n) is 1.48. The van der Waals surface area contributed by atoms with Crippen molar-refractivity contribution >= 4 is 28.6 Å². The smallest absolute Gasteiger partial charge is 0.264 e. The fourth-order valence-electron chi connectivity index (χ4n) is 0.957. The summed E-state index contributed by atoms with van der Waals surface area (Å²) < 4.78 is 4.84. The zero-order valence-corrected chi connectivity index (χ0v) is 6.96. The van der Waals surface area contributed by atoms with Crippen LogP contribution in [0.25, 0.3) is 11.1 Å². The molecule has 2 aromatic rings. The van der Waals surface area contributed by atoms with Gasteiger partial charge in [-0.15, -0.1) is 0 Å². The number of halogens is 1. The molecule has 2 N–H and O–H groups in total. The minimum absolute atomic E-state index is 0.0867. The number of hydrogen-bond donors (Lipinski definition) is 1. The van der Waals surface area contributed by atoms with Gasteiger partial charge in [0.15, 0.2) is 0 Å². The van der Waals surface area contributed by atoms with Crippen molar-refractivity contribution in [2.24, 2.45) is 0 Å². The second-order valence-electron chi connectivity index (χ2n) is 2.32. The van der Waals surface area contributed by atoms with E-state index in [0.717, 1.165) is 0 Å². The third kappa shape index (κ3) is 0.902. The summed E-state index contributed by atoms with van der Waals surface area (Å²) in [5.41, 5.74) is 6.33. The lowest BCUT2D eigenvalue weighted by molar-refractivity contribution is 0.443. The van der Waals surface area contributed by atoms with Crippen molar-refractivity contribution in [2.45, 2.75) is 6.92 Å². The number of aromatic nitrogens is 3. The van der Waals surface area contributed by atoms with Crippen molar-refractivity contribution in [3.63, 3.8) is 0 Å². The van der Waals surface area contributed by atoms with Gasteiger partial charge in [-0.1, -0.05) is 16.8 Å². The first-order valence-corrected chi connectivity index (χ1v) is 3.61. The minimum Gasteiger partial charge on any atom is -0.368 e. The van der Waals surface area contributed by atoms with Crippen molar-refractivity contribution in [3.8, 4) is 0 Å². The Morgan fingerprint density at radius 2 is 2.17 bits per heavy atom. The van der Waals surface area contributed by atoms with E-state index in [0.29, 0.717) is 16.8 Å². The SMILES string of the molecule is Cc1noc2nc(N)nc(Cl)c12. The third-order valence-corrected chi connectivity index (χ3v) is 1.75. The average molecular weight is 185 g/mol. The molecule has 0 aliphatic rings. The predicted molar refractivity (Wildman–Crippen MR) is 43.8 cm³/mol. The highest BCUT2D eigenvalue weighted by Crippen LogP contribution is 2.23. The maximum atomic E-state index is 5.78. The molecule has 0 unspecified atom stereocenters. The molecule has 2 rings (SSSR count). The maximum absolute atomic E-state index is 5.78. The van der Waals surface area contributed by atoms with E-state index in [1.807, 2.05) is 0 Å². The Hall–Kier alpha value is -1.36. The molecule has 0 fully saturated rings. The van der Waals surface area contributed by atoms with E-state index < -0.39 is 0 Å². The van der Waals surface area contributed by atoms with Gasteiger partial charge in [-0.05, 0) is 6.92 Å². The highest BCUT2D eigenvalue weighted by Gasteiger charge is 2.11. The summed E-state index contributed by atoms with van der Waals surface area (Å²) in [7, 11) is 0. The molecule has 12 heavy (non-hydrogen) atoms. The van der Waals surface area contributed by atoms with Gasteiger partial charge in [-0.25, -0.2) is 4.98 Å². The topological polar surface area (TPSA) is 77.8 Å². The van der Waals surface area contributed by atoms with Crippen molar-refractivity contribution in [1.82, 2.24) is 15.1 Å². The molecule has 0 spiro atoms. The molecular formula is C6H5ClN4O. The summed E-state index contributed by atoms with van der Waals surface area (Å²) in [4.78, 5) is 7.58. The van der Waals surface area contributed by atoms with E-state index in [2.05, 4.69) is 15.1 Å². The molecular weight excluding hydrogens is 180 g/mol. The van der Waals surface area contributed by atoms with Crippen LogP contribution in [0.4, 0.5) is 5.95 Å². The Balaban J connectivity index is 2.93. The molecule has 0 aliphatic heterocycles. The highest BCUT2D eigenvalue weighted by molar-refractivity contribution is 6.34. The van der Waals surface area contributed by atoms with Crippen molar-refractivity contribution in [2.75, 3.05) is 5.73 Å². The summed E-state index contributed by atoms with van der Waals surface area (Å²) in [5.74, 6) is 0.0867. The van der Waals surface area contributed by atoms with Gasteiger partial charge in [0, 0.05) is 0 Å². The molecule has 0 saturated carbocycles. The molecule has 2 heterocycles. The maximum Gasteiger partial charge on any atom is 0.264 e. The number of nitrogens with zero attached hydrogens (tertiary/aromatic N) is 3. The van der Waals surface area contributed by atoms with E-state index in [4.69, 9.17) is 21.9 Å². The Morgan fingerprint density at radius 3 is 2.92 bits per heavy atom. The number of aryl methyl sites for hydroxylation is 1. The molecule has 0 radical (unpaired) electrons. The summed E-state index contributed by atoms with van der Waals surface area (Å²) in [6.07, 6.45) is 0. The standard InChI is InChI=1S/C6H5ClN4O/c1-2-3-4(7)9-6(8)10-5(3)12-11-2/h1H3,(H2,8,9,10). The van der Waals surface area contributed by atoms with Crippen LogP contribution in [0.15, 0.2) is 4.52 Å². The van der Waals surface area contributed by atoms with Crippen LogP contribution < -0.4 is 5.73 Å². The van der Waals surface area contributed by atoms with Crippen molar-refractivity contribution in [1.29, 1.82) is 0 Å². The number of anilines is 1. The minimum atomic E-state index is 0.0867. The molecule has 62 valence electrons. The fourth-order valence-corrected chi connectivity index (χ4v) is 1.26. The summed E-state index contributed by atoms with van der Waals surface area (Å²) in [6.45, 7) is 1.76. The lowest BCUT2D eigenvalue weighted by Gasteiger charge is -1.92. The largest absolute Gasteiger partial charge is 0.368 e. The number of nitrogen functional groups attached to an aromatic ring is 1. The fraction of sp³-hybridized carbons (Fsp3) is 0.167. The number of rotatable bonds is 0. The van der Waals surface area contributed by atoms with Crippen LogP contribution in [-0.2, 0) is 0 Å². The molecule has 0 aliphatic carbocycles. The van der Waals surface area contributed by atoms with Crippen LogP contribution in [0, 0.1) is 6.92 Å². The van der Waals surface area contributed by atoms with Gasteiger partial charge in [0.25, 0.3) is 5.71 Å². The van der Waals surface area contributed by atoms with Crippen LogP contribution in [0.1, 0.15) is 5.69 Å². The zero-order valence-electron chi connectivity index (χ0n) is 6.21. The number of fused-ring (bicyclic) bond motifs is 1. The molecule has 0 aromatic carbocycles. The molecule has 0 saturated heterocycles. The number of nitrogens with two attached hydrogens (primary N) is 1. The number of hydrogen-bond acceptors (Lipinski definition) is 5. The predicted octanol–water partition coefficient (Wildman–Crippen LogP) is 1.16. The molecule has 0 atom stereocenters. The summed E-state index contributed by atoms with van der Waals surface area (Å²) >= 11 is 5.78. The Kier molecular flexibility index (Phi) is 1.41. The van der Waals surface area contributed by atoms with Crippen LogP contribution >= 0.6 is 11.6 Å². The molecule has 0 amide bonds. The van der Waals surface area contributed by atoms with E-state index in [-0.39, 0.29) is 11.1 Å². The van der Waals surface area contributed by atoms with Gasteiger partial charge in [-0.3, -0.25) is 0 Å². The first-order valence-electron chi connectivity index (χ1n) is 3.23. The Bertz CT molecular complexity index is 438. The molecule has 2 aromatic heterocycles. The highest BCUT2D eigenvalue weighted by atomic mass is 35.5. The first-order chi connectivity index (χ1) is 5.68. The van der Waals surface area contributed by atoms with Crippen molar-refractivity contribution < 1.29 is 4.52 Å². The van der Waals surface area contributed by atoms with E-state index in [9.17, 15) is 0 Å². The van der Waals surface area contributed by atoms with Gasteiger partial charge < -0.3 is 10.3 Å². The summed E-state index contributed by atoms with van der Waals surface area (Å²) in [5, 5.41) is 4.57. The lowest BCUT2D eigenvalue weighted by atomic mass is 10.3. The average Bonchev–Trinajstić information content (AvgIpc) is 2.31. The second kappa shape index (κ2) is 2.31. The quantitative estimate of drug-likeness (QED) is 0.622. The van der Waals surface area contributed by atoms with Gasteiger partial charge in [0.05, 0.1) is 5.69 Å². The van der Waals surface area contributed by atoms with Crippen LogP contribution in [0.3, 0.4) is 0 Å². The van der Waals surface area contributed by atoms with Gasteiger partial charge >= 0.3 is 0 Å².